The molecule has 2 heterocycles. The van der Waals surface area contributed by atoms with Gasteiger partial charge < -0.3 is 16.0 Å². The third-order valence-electron chi connectivity index (χ3n) is 7.73. The highest BCUT2D eigenvalue weighted by atomic mass is 16.2. The highest BCUT2D eigenvalue weighted by molar-refractivity contribution is 5.83. The Kier molecular flexibility index (Phi) is 8.73. The summed E-state index contributed by atoms with van der Waals surface area (Å²) in [5.41, 5.74) is 9.49. The van der Waals surface area contributed by atoms with Crippen LogP contribution in [-0.2, 0) is 24.4 Å². The third kappa shape index (κ3) is 6.45. The van der Waals surface area contributed by atoms with E-state index in [1.165, 1.54) is 11.1 Å². The van der Waals surface area contributed by atoms with E-state index in [-0.39, 0.29) is 5.91 Å². The van der Waals surface area contributed by atoms with Crippen molar-refractivity contribution >= 4 is 5.91 Å². The van der Waals surface area contributed by atoms with Gasteiger partial charge in [-0.05, 0) is 49.2 Å². The lowest BCUT2D eigenvalue weighted by Crippen LogP contribution is -2.52. The summed E-state index contributed by atoms with van der Waals surface area (Å²) in [6.07, 6.45) is 1.62. The minimum atomic E-state index is -0.451. The SMILES string of the molecule is CCN1CCN(Cc2ccc(CNC(=O)C3(CN)CCN(Cc4ccccc4)CC3)cc2)CC1. The largest absolute Gasteiger partial charge is 0.352 e. The molecule has 6 nitrogen and oxygen atoms in total. The number of amides is 1. The number of piperidine rings is 1. The number of hydrogen-bond donors (Lipinski definition) is 2. The molecule has 2 aromatic carbocycles. The van der Waals surface area contributed by atoms with E-state index in [2.05, 4.69) is 75.5 Å². The van der Waals surface area contributed by atoms with E-state index in [4.69, 9.17) is 5.73 Å². The van der Waals surface area contributed by atoms with Crippen molar-refractivity contribution in [3.8, 4) is 0 Å². The first-order chi connectivity index (χ1) is 16.6. The van der Waals surface area contributed by atoms with Crippen LogP contribution in [0.5, 0.6) is 0 Å². The summed E-state index contributed by atoms with van der Waals surface area (Å²) in [7, 11) is 0. The standard InChI is InChI=1S/C28H41N5O/c1-2-31-16-18-33(19-17-31)22-26-10-8-24(9-11-26)20-30-27(34)28(23-29)12-14-32(15-13-28)21-25-6-4-3-5-7-25/h3-11H,2,12-23,29H2,1H3,(H,30,34). The number of likely N-dealkylation sites (tertiary alicyclic amines) is 1. The zero-order valence-corrected chi connectivity index (χ0v) is 20.7. The lowest BCUT2D eigenvalue weighted by Gasteiger charge is -2.40. The predicted octanol–water partition coefficient (Wildman–Crippen LogP) is 2.68. The van der Waals surface area contributed by atoms with Gasteiger partial charge in [0.1, 0.15) is 0 Å². The van der Waals surface area contributed by atoms with Crippen molar-refractivity contribution in [3.63, 3.8) is 0 Å². The Morgan fingerprint density at radius 2 is 1.32 bits per heavy atom. The molecule has 2 aromatic rings. The number of benzene rings is 2. The Hall–Kier alpha value is -2.25. The summed E-state index contributed by atoms with van der Waals surface area (Å²) in [4.78, 5) is 20.6. The first kappa shape index (κ1) is 24.9. The molecule has 0 spiro atoms. The second kappa shape index (κ2) is 11.9. The van der Waals surface area contributed by atoms with E-state index >= 15 is 0 Å². The summed E-state index contributed by atoms with van der Waals surface area (Å²) in [5.74, 6) is 0.104. The number of nitrogens with zero attached hydrogens (tertiary/aromatic N) is 3. The van der Waals surface area contributed by atoms with Crippen LogP contribution in [-0.4, -0.2) is 73.0 Å². The van der Waals surface area contributed by atoms with Crippen molar-refractivity contribution in [1.82, 2.24) is 20.0 Å². The van der Waals surface area contributed by atoms with Crippen molar-refractivity contribution in [2.45, 2.75) is 39.4 Å². The van der Waals surface area contributed by atoms with Crippen LogP contribution < -0.4 is 11.1 Å². The van der Waals surface area contributed by atoms with Gasteiger partial charge in [0, 0.05) is 52.4 Å². The second-order valence-corrected chi connectivity index (χ2v) is 9.96. The number of piperazine rings is 1. The molecule has 2 aliphatic heterocycles. The molecule has 2 saturated heterocycles. The fourth-order valence-corrected chi connectivity index (χ4v) is 5.16. The van der Waals surface area contributed by atoms with Gasteiger partial charge in [0.25, 0.3) is 0 Å². The second-order valence-electron chi connectivity index (χ2n) is 9.96. The van der Waals surface area contributed by atoms with Crippen LogP contribution in [0.15, 0.2) is 54.6 Å². The Balaban J connectivity index is 1.23. The fourth-order valence-electron chi connectivity index (χ4n) is 5.16. The fraction of sp³-hybridized carbons (Fsp3) is 0.536. The summed E-state index contributed by atoms with van der Waals surface area (Å²) in [6.45, 7) is 12.7. The topological polar surface area (TPSA) is 64.8 Å². The summed E-state index contributed by atoms with van der Waals surface area (Å²) >= 11 is 0. The molecule has 0 aliphatic carbocycles. The van der Waals surface area contributed by atoms with Gasteiger partial charge in [-0.15, -0.1) is 0 Å². The lowest BCUT2D eigenvalue weighted by atomic mass is 9.77. The zero-order valence-electron chi connectivity index (χ0n) is 20.7. The Labute approximate surface area is 205 Å². The molecule has 4 rings (SSSR count). The normalized spacial score (nSPS) is 19.7. The summed E-state index contributed by atoms with van der Waals surface area (Å²) in [5, 5.41) is 3.18. The molecule has 0 radical (unpaired) electrons. The van der Waals surface area contributed by atoms with E-state index in [9.17, 15) is 4.79 Å². The quantitative estimate of drug-likeness (QED) is 0.599. The molecule has 1 amide bonds. The number of nitrogens with one attached hydrogen (secondary N) is 1. The maximum atomic E-state index is 13.2. The van der Waals surface area contributed by atoms with Crippen molar-refractivity contribution in [1.29, 1.82) is 0 Å². The van der Waals surface area contributed by atoms with Gasteiger partial charge in [-0.1, -0.05) is 61.5 Å². The molecule has 34 heavy (non-hydrogen) atoms. The molecule has 3 N–H and O–H groups in total. The number of carbonyl (C=O) groups is 1. The van der Waals surface area contributed by atoms with Gasteiger partial charge in [0.05, 0.1) is 5.41 Å². The molecule has 0 aromatic heterocycles. The van der Waals surface area contributed by atoms with Gasteiger partial charge in [-0.3, -0.25) is 14.6 Å². The predicted molar refractivity (Wildman–Crippen MR) is 138 cm³/mol. The minimum absolute atomic E-state index is 0.104. The van der Waals surface area contributed by atoms with Gasteiger partial charge >= 0.3 is 0 Å². The van der Waals surface area contributed by atoms with E-state index in [0.717, 1.165) is 77.3 Å². The van der Waals surface area contributed by atoms with Crippen LogP contribution in [0.2, 0.25) is 0 Å². The molecular weight excluding hydrogens is 422 g/mol. The maximum Gasteiger partial charge on any atom is 0.227 e. The third-order valence-corrected chi connectivity index (χ3v) is 7.73. The smallest absolute Gasteiger partial charge is 0.227 e. The monoisotopic (exact) mass is 463 g/mol. The van der Waals surface area contributed by atoms with E-state index in [0.29, 0.717) is 13.1 Å². The molecule has 184 valence electrons. The Bertz CT molecular complexity index is 885. The van der Waals surface area contributed by atoms with Crippen molar-refractivity contribution in [2.24, 2.45) is 11.1 Å². The first-order valence-electron chi connectivity index (χ1n) is 12.9. The van der Waals surface area contributed by atoms with Crippen molar-refractivity contribution in [2.75, 3.05) is 52.4 Å². The number of likely N-dealkylation sites (N-methyl/N-ethyl adjacent to an activating group) is 1. The minimum Gasteiger partial charge on any atom is -0.352 e. The van der Waals surface area contributed by atoms with Crippen molar-refractivity contribution in [3.05, 3.63) is 71.3 Å². The van der Waals surface area contributed by atoms with Crippen LogP contribution >= 0.6 is 0 Å². The molecular formula is C28H41N5O. The van der Waals surface area contributed by atoms with Gasteiger partial charge in [-0.2, -0.15) is 0 Å². The highest BCUT2D eigenvalue weighted by Gasteiger charge is 2.40. The molecule has 2 fully saturated rings. The number of rotatable bonds is 9. The molecule has 0 unspecified atom stereocenters. The number of hydrogen-bond acceptors (Lipinski definition) is 5. The molecule has 0 bridgehead atoms. The molecule has 6 heteroatoms. The Morgan fingerprint density at radius 3 is 1.91 bits per heavy atom. The first-order valence-corrected chi connectivity index (χ1v) is 12.9. The van der Waals surface area contributed by atoms with Crippen LogP contribution in [0.3, 0.4) is 0 Å². The van der Waals surface area contributed by atoms with Gasteiger partial charge in [-0.25, -0.2) is 0 Å². The van der Waals surface area contributed by atoms with E-state index in [1.54, 1.807) is 0 Å². The number of nitrogens with two attached hydrogens (primary N) is 1. The molecule has 2 aliphatic rings. The van der Waals surface area contributed by atoms with Gasteiger partial charge in [0.15, 0.2) is 0 Å². The highest BCUT2D eigenvalue weighted by Crippen LogP contribution is 2.31. The average Bonchev–Trinajstić information content (AvgIpc) is 2.90. The van der Waals surface area contributed by atoms with Gasteiger partial charge in [0.2, 0.25) is 5.91 Å². The molecule has 0 atom stereocenters. The summed E-state index contributed by atoms with van der Waals surface area (Å²) < 4.78 is 0. The average molecular weight is 464 g/mol. The van der Waals surface area contributed by atoms with E-state index in [1.807, 2.05) is 6.07 Å². The maximum absolute atomic E-state index is 13.2. The van der Waals surface area contributed by atoms with Crippen LogP contribution in [0, 0.1) is 5.41 Å². The van der Waals surface area contributed by atoms with Crippen LogP contribution in [0.25, 0.3) is 0 Å². The Morgan fingerprint density at radius 1 is 0.794 bits per heavy atom. The number of carbonyl (C=O) groups excluding carboxylic acids is 1. The lowest BCUT2D eigenvalue weighted by molar-refractivity contribution is -0.133. The van der Waals surface area contributed by atoms with Crippen molar-refractivity contribution < 1.29 is 4.79 Å². The molecule has 0 saturated carbocycles. The van der Waals surface area contributed by atoms with Crippen LogP contribution in [0.4, 0.5) is 0 Å². The van der Waals surface area contributed by atoms with Crippen LogP contribution in [0.1, 0.15) is 36.5 Å². The zero-order chi connectivity index (χ0) is 23.8. The summed E-state index contributed by atoms with van der Waals surface area (Å²) in [6, 6.07) is 19.2. The van der Waals surface area contributed by atoms with E-state index < -0.39 is 5.41 Å².